The molecule has 0 bridgehead atoms. The lowest BCUT2D eigenvalue weighted by atomic mass is 10.1. The van der Waals surface area contributed by atoms with Crippen LogP contribution in [0.15, 0.2) is 111 Å². The van der Waals surface area contributed by atoms with E-state index in [1.807, 2.05) is 118 Å². The van der Waals surface area contributed by atoms with Crippen molar-refractivity contribution < 1.29 is 28.3 Å². The number of amidine groups is 1. The van der Waals surface area contributed by atoms with Crippen molar-refractivity contribution in [3.8, 4) is 0 Å². The number of hydrogen-bond acceptors (Lipinski definition) is 10. The van der Waals surface area contributed by atoms with Crippen molar-refractivity contribution in [2.45, 2.75) is 92.3 Å². The number of rotatable bonds is 8. The number of carbonyl (C=O) groups is 3. The molecule has 2 N–H and O–H groups in total. The summed E-state index contributed by atoms with van der Waals surface area (Å²) in [6, 6.07) is 30.3. The van der Waals surface area contributed by atoms with Crippen LogP contribution < -0.4 is 16.2 Å². The highest BCUT2D eigenvalue weighted by Crippen LogP contribution is 2.27. The highest BCUT2D eigenvalue weighted by Gasteiger charge is 2.24. The number of esters is 2. The van der Waals surface area contributed by atoms with Gasteiger partial charge in [-0.1, -0.05) is 67.1 Å². The zero-order valence-corrected chi connectivity index (χ0v) is 35.7. The summed E-state index contributed by atoms with van der Waals surface area (Å²) < 4.78 is 16.5. The Bertz CT molecular complexity index is 2270. The van der Waals surface area contributed by atoms with Crippen molar-refractivity contribution in [2.75, 3.05) is 31.5 Å². The van der Waals surface area contributed by atoms with Crippen LogP contribution >= 0.6 is 0 Å². The molecular formula is C48H58N6O6. The second kappa shape index (κ2) is 22.9. The Morgan fingerprint density at radius 2 is 1.37 bits per heavy atom. The molecule has 12 heteroatoms. The van der Waals surface area contributed by atoms with E-state index in [9.17, 15) is 14.4 Å². The number of likely N-dealkylation sites (tertiary alicyclic amines) is 1. The number of piperidine rings is 2. The first-order valence-corrected chi connectivity index (χ1v) is 20.8. The van der Waals surface area contributed by atoms with Gasteiger partial charge in [-0.3, -0.25) is 14.4 Å². The summed E-state index contributed by atoms with van der Waals surface area (Å²) in [5, 5.41) is 7.08. The molecule has 0 aliphatic carbocycles. The smallest absolute Gasteiger partial charge is 0.303 e. The first-order valence-electron chi connectivity index (χ1n) is 20.8. The summed E-state index contributed by atoms with van der Waals surface area (Å²) in [4.78, 5) is 52.0. The van der Waals surface area contributed by atoms with Crippen LogP contribution in [0.25, 0.3) is 10.9 Å². The molecule has 2 atom stereocenters. The fourth-order valence-corrected chi connectivity index (χ4v) is 7.01. The van der Waals surface area contributed by atoms with Crippen molar-refractivity contribution in [1.29, 1.82) is 0 Å². The van der Waals surface area contributed by atoms with Gasteiger partial charge in [0.25, 0.3) is 5.91 Å². The number of aliphatic imine (C=N–C) groups is 1. The highest BCUT2D eigenvalue weighted by atomic mass is 16.6. The van der Waals surface area contributed by atoms with Crippen LogP contribution in [0.3, 0.4) is 0 Å². The fraction of sp³-hybridized carbons (Fsp3) is 0.375. The molecule has 5 aromatic rings. The van der Waals surface area contributed by atoms with E-state index in [4.69, 9.17) is 18.9 Å². The number of fused-ring (bicyclic) bond motifs is 1. The lowest BCUT2D eigenvalue weighted by Gasteiger charge is -2.32. The first-order chi connectivity index (χ1) is 29.0. The molecule has 3 heterocycles. The molecule has 12 nitrogen and oxygen atoms in total. The van der Waals surface area contributed by atoms with E-state index in [-0.39, 0.29) is 17.8 Å². The normalized spacial score (nSPS) is 15.3. The van der Waals surface area contributed by atoms with Gasteiger partial charge in [0.2, 0.25) is 11.4 Å². The summed E-state index contributed by atoms with van der Waals surface area (Å²) >= 11 is 0. The summed E-state index contributed by atoms with van der Waals surface area (Å²) in [7, 11) is 0. The maximum Gasteiger partial charge on any atom is 0.303 e. The second-order valence-corrected chi connectivity index (χ2v) is 14.9. The quantitative estimate of drug-likeness (QED) is 0.0888. The lowest BCUT2D eigenvalue weighted by Crippen LogP contribution is -2.42. The molecule has 2 fully saturated rings. The zero-order chi connectivity index (χ0) is 42.9. The van der Waals surface area contributed by atoms with E-state index in [2.05, 4.69) is 25.5 Å². The number of ether oxygens (including phenoxy) is 2. The Morgan fingerprint density at radius 1 is 0.750 bits per heavy atom. The number of nitrogens with zero attached hydrogens (tertiary/aromatic N) is 4. The third kappa shape index (κ3) is 13.5. The van der Waals surface area contributed by atoms with E-state index in [1.54, 1.807) is 6.92 Å². The van der Waals surface area contributed by atoms with Gasteiger partial charge in [-0.15, -0.1) is 0 Å². The molecule has 0 saturated carbocycles. The summed E-state index contributed by atoms with van der Waals surface area (Å²) in [6.45, 7) is 14.4. The van der Waals surface area contributed by atoms with Gasteiger partial charge in [-0.25, -0.2) is 15.0 Å². The Morgan fingerprint density at radius 3 is 1.98 bits per heavy atom. The van der Waals surface area contributed by atoms with Crippen LogP contribution in [0.1, 0.15) is 99.7 Å². The standard InChI is InChI=1S/C24H29N3O3.C19H18N2O3.C5H11N/c1-17-11-10-14-21(22(17)24(29)25-20-12-6-4-7-13-20)26-23(18(2)30-19(3)28)27-15-8-5-9-16-27;1-12-8-7-11-16-17(12)19(20-15-9-5-4-6-10-15)24-18(21-16)13(2)23-14(3)22;1-2-4-6-5-3-1/h4,6-7,10-14,18H,5,8-9,15-16H2,1-3H3,(H,25,29);4-11,13H,1-3H3;6H,1-5H2/t18-;13-;/m00./s1. The van der Waals surface area contributed by atoms with Crippen molar-refractivity contribution in [3.05, 3.63) is 125 Å². The number of benzene rings is 4. The maximum atomic E-state index is 13.1. The summed E-state index contributed by atoms with van der Waals surface area (Å²) in [6.07, 6.45) is 6.46. The molecule has 4 aromatic carbocycles. The molecule has 316 valence electrons. The number of aryl methyl sites for hydroxylation is 2. The van der Waals surface area contributed by atoms with Crippen molar-refractivity contribution in [1.82, 2.24) is 15.2 Å². The molecule has 0 spiro atoms. The van der Waals surface area contributed by atoms with Gasteiger partial charge in [-0.2, -0.15) is 0 Å². The molecule has 1 amide bonds. The average molecular weight is 815 g/mol. The second-order valence-electron chi connectivity index (χ2n) is 14.9. The maximum absolute atomic E-state index is 13.1. The molecule has 2 aliphatic heterocycles. The minimum atomic E-state index is -0.586. The molecular weight excluding hydrogens is 757 g/mol. The van der Waals surface area contributed by atoms with Gasteiger partial charge in [0.05, 0.1) is 27.8 Å². The van der Waals surface area contributed by atoms with Crippen LogP contribution in [0.4, 0.5) is 17.1 Å². The number of aromatic nitrogens is 1. The predicted molar refractivity (Wildman–Crippen MR) is 237 cm³/mol. The third-order valence-corrected chi connectivity index (χ3v) is 9.91. The molecule has 2 saturated heterocycles. The number of carbonyl (C=O) groups excluding carboxylic acids is 3. The van der Waals surface area contributed by atoms with Crippen LogP contribution in [0.5, 0.6) is 0 Å². The Hall–Kier alpha value is -6.14. The summed E-state index contributed by atoms with van der Waals surface area (Å²) in [5.74, 6) is 0.0577. The van der Waals surface area contributed by atoms with Gasteiger partial charge in [0.1, 0.15) is 5.84 Å². The van der Waals surface area contributed by atoms with E-state index in [0.29, 0.717) is 28.5 Å². The molecule has 1 aromatic heterocycles. The minimum Gasteiger partial charge on any atom is -0.455 e. The topological polar surface area (TPSA) is 148 Å². The number of anilines is 1. The molecule has 0 radical (unpaired) electrons. The average Bonchev–Trinajstić information content (AvgIpc) is 3.24. The van der Waals surface area contributed by atoms with Crippen molar-refractivity contribution in [2.24, 2.45) is 9.98 Å². The Balaban J connectivity index is 0.000000203. The molecule has 7 rings (SSSR count). The van der Waals surface area contributed by atoms with Crippen molar-refractivity contribution >= 4 is 51.6 Å². The van der Waals surface area contributed by atoms with Gasteiger partial charge < -0.3 is 29.4 Å². The van der Waals surface area contributed by atoms with Crippen LogP contribution in [-0.2, 0) is 19.1 Å². The SMILES string of the molecule is C1CCNCC1.CC(=O)O[C@@H](C)C(=Nc1cccc(C)c1C(=O)Nc1ccccc1)N1CCCCC1.CC(=O)O[C@@H](C)c1nc2cccc(C)c2c(=Nc2ccccc2)o1. The predicted octanol–water partition coefficient (Wildman–Crippen LogP) is 9.47. The minimum absolute atomic E-state index is 0.212. The number of hydrogen-bond donors (Lipinski definition) is 2. The van der Waals surface area contributed by atoms with Gasteiger partial charge in [0.15, 0.2) is 12.2 Å². The van der Waals surface area contributed by atoms with E-state index < -0.39 is 12.2 Å². The Labute approximate surface area is 353 Å². The highest BCUT2D eigenvalue weighted by molar-refractivity contribution is 6.09. The largest absolute Gasteiger partial charge is 0.455 e. The third-order valence-electron chi connectivity index (χ3n) is 9.91. The molecule has 60 heavy (non-hydrogen) atoms. The van der Waals surface area contributed by atoms with Crippen molar-refractivity contribution in [3.63, 3.8) is 0 Å². The van der Waals surface area contributed by atoms with Gasteiger partial charge in [-0.05, 0) is 120 Å². The summed E-state index contributed by atoms with van der Waals surface area (Å²) in [5.41, 5.74) is 5.67. The zero-order valence-electron chi connectivity index (χ0n) is 35.7. The lowest BCUT2D eigenvalue weighted by molar-refractivity contribution is -0.147. The molecule has 0 unspecified atom stereocenters. The number of amides is 1. The number of nitrogens with one attached hydrogen (secondary N) is 2. The monoisotopic (exact) mass is 814 g/mol. The first kappa shape index (κ1) is 45.0. The van der Waals surface area contributed by atoms with Crippen LogP contribution in [0.2, 0.25) is 0 Å². The van der Waals surface area contributed by atoms with E-state index in [0.717, 1.165) is 59.3 Å². The number of para-hydroxylation sites is 2. The van der Waals surface area contributed by atoms with Crippen LogP contribution in [0, 0.1) is 13.8 Å². The van der Waals surface area contributed by atoms with E-state index >= 15 is 0 Å². The Kier molecular flexibility index (Phi) is 17.1. The van der Waals surface area contributed by atoms with Crippen LogP contribution in [-0.4, -0.2) is 65.8 Å². The fourth-order valence-electron chi connectivity index (χ4n) is 7.01. The van der Waals surface area contributed by atoms with E-state index in [1.165, 1.54) is 52.6 Å². The van der Waals surface area contributed by atoms with Gasteiger partial charge in [0, 0.05) is 32.6 Å². The molecule has 2 aliphatic rings. The van der Waals surface area contributed by atoms with Gasteiger partial charge >= 0.3 is 11.9 Å².